The lowest BCUT2D eigenvalue weighted by Gasteiger charge is -2.16. The van der Waals surface area contributed by atoms with Gasteiger partial charge in [-0.25, -0.2) is 0 Å². The summed E-state index contributed by atoms with van der Waals surface area (Å²) in [6.07, 6.45) is -5.50. The van der Waals surface area contributed by atoms with Crippen molar-refractivity contribution in [2.45, 2.75) is 19.2 Å². The first-order valence-corrected chi connectivity index (χ1v) is 6.94. The van der Waals surface area contributed by atoms with E-state index in [-0.39, 0.29) is 5.75 Å². The number of nitriles is 1. The van der Waals surface area contributed by atoms with Crippen LogP contribution in [0.1, 0.15) is 18.1 Å². The van der Waals surface area contributed by atoms with Gasteiger partial charge < -0.3 is 10.1 Å². The Bertz CT molecular complexity index is 782. The lowest BCUT2D eigenvalue weighted by molar-refractivity contribution is -0.137. The number of benzene rings is 2. The molecule has 2 rings (SSSR count). The number of halogens is 3. The Morgan fingerprint density at radius 1 is 1.21 bits per heavy atom. The van der Waals surface area contributed by atoms with Crippen LogP contribution in [0.5, 0.6) is 5.75 Å². The Hall–Kier alpha value is -3.01. The molecule has 0 saturated heterocycles. The zero-order valence-corrected chi connectivity index (χ0v) is 12.6. The van der Waals surface area contributed by atoms with E-state index in [1.165, 1.54) is 25.1 Å². The van der Waals surface area contributed by atoms with Crippen molar-refractivity contribution in [2.75, 3.05) is 5.32 Å². The first-order valence-electron chi connectivity index (χ1n) is 6.94. The van der Waals surface area contributed by atoms with E-state index in [1.807, 2.05) is 6.07 Å². The number of alkyl halides is 3. The number of ether oxygens (including phenoxy) is 1. The van der Waals surface area contributed by atoms with Crippen LogP contribution in [0.15, 0.2) is 48.5 Å². The highest BCUT2D eigenvalue weighted by molar-refractivity contribution is 5.94. The summed E-state index contributed by atoms with van der Waals surface area (Å²) in [7, 11) is 0. The van der Waals surface area contributed by atoms with Crippen LogP contribution in [-0.2, 0) is 11.0 Å². The second-order valence-electron chi connectivity index (χ2n) is 4.97. The Kier molecular flexibility index (Phi) is 5.09. The van der Waals surface area contributed by atoms with E-state index in [0.717, 1.165) is 12.1 Å². The molecule has 0 aliphatic carbocycles. The molecule has 1 unspecified atom stereocenters. The van der Waals surface area contributed by atoms with Crippen LogP contribution >= 0.6 is 0 Å². The molecule has 0 aliphatic heterocycles. The third kappa shape index (κ3) is 4.49. The quantitative estimate of drug-likeness (QED) is 0.920. The van der Waals surface area contributed by atoms with Gasteiger partial charge in [0.25, 0.3) is 5.91 Å². The first kappa shape index (κ1) is 17.3. The second kappa shape index (κ2) is 7.04. The number of nitrogens with zero attached hydrogens (tertiary/aromatic N) is 1. The largest absolute Gasteiger partial charge is 0.481 e. The molecule has 0 aliphatic rings. The standard InChI is InChI=1S/C17H13F3N2O2/c1-11(16(23)22-14-6-2-4-12(8-14)10-21)24-15-7-3-5-13(9-15)17(18,19)20/h2-9,11H,1H3,(H,22,23). The smallest absolute Gasteiger partial charge is 0.416 e. The molecule has 1 amide bonds. The average Bonchev–Trinajstić information content (AvgIpc) is 2.54. The third-order valence-electron chi connectivity index (χ3n) is 3.10. The van der Waals surface area contributed by atoms with E-state index in [4.69, 9.17) is 10.00 Å². The van der Waals surface area contributed by atoms with Crippen LogP contribution < -0.4 is 10.1 Å². The zero-order chi connectivity index (χ0) is 17.7. The fourth-order valence-corrected chi connectivity index (χ4v) is 1.91. The maximum absolute atomic E-state index is 12.7. The van der Waals surface area contributed by atoms with Gasteiger partial charge in [-0.3, -0.25) is 4.79 Å². The number of carbonyl (C=O) groups excluding carboxylic acids is 1. The molecule has 0 aromatic heterocycles. The number of rotatable bonds is 4. The van der Waals surface area contributed by atoms with Gasteiger partial charge in [0.1, 0.15) is 5.75 Å². The molecule has 4 nitrogen and oxygen atoms in total. The fraction of sp³-hybridized carbons (Fsp3) is 0.176. The minimum absolute atomic E-state index is 0.0572. The van der Waals surface area contributed by atoms with Gasteiger partial charge >= 0.3 is 6.18 Å². The molecule has 0 bridgehead atoms. The van der Waals surface area contributed by atoms with Crippen molar-refractivity contribution in [3.63, 3.8) is 0 Å². The first-order chi connectivity index (χ1) is 11.3. The Morgan fingerprint density at radius 2 is 1.92 bits per heavy atom. The summed E-state index contributed by atoms with van der Waals surface area (Å²) in [5.41, 5.74) is -0.0767. The summed E-state index contributed by atoms with van der Waals surface area (Å²) in [5.74, 6) is -0.597. The Labute approximate surface area is 136 Å². The normalized spacial score (nSPS) is 12.1. The topological polar surface area (TPSA) is 62.1 Å². The highest BCUT2D eigenvalue weighted by Gasteiger charge is 2.30. The van der Waals surface area contributed by atoms with E-state index in [0.29, 0.717) is 11.3 Å². The number of anilines is 1. The number of carbonyl (C=O) groups is 1. The highest BCUT2D eigenvalue weighted by Crippen LogP contribution is 2.31. The lowest BCUT2D eigenvalue weighted by atomic mass is 10.2. The van der Waals surface area contributed by atoms with Gasteiger partial charge in [-0.05, 0) is 43.3 Å². The predicted molar refractivity (Wildman–Crippen MR) is 81.3 cm³/mol. The molecule has 0 heterocycles. The zero-order valence-electron chi connectivity index (χ0n) is 12.6. The molecule has 7 heteroatoms. The average molecular weight is 334 g/mol. The monoisotopic (exact) mass is 334 g/mol. The Morgan fingerprint density at radius 3 is 2.58 bits per heavy atom. The summed E-state index contributed by atoms with van der Waals surface area (Å²) in [4.78, 5) is 12.1. The molecule has 1 atom stereocenters. The van der Waals surface area contributed by atoms with Gasteiger partial charge in [-0.15, -0.1) is 0 Å². The van der Waals surface area contributed by atoms with Crippen LogP contribution in [0.3, 0.4) is 0 Å². The molecule has 0 radical (unpaired) electrons. The number of nitrogens with one attached hydrogen (secondary N) is 1. The van der Waals surface area contributed by atoms with E-state index < -0.39 is 23.8 Å². The van der Waals surface area contributed by atoms with Crippen LogP contribution in [0.4, 0.5) is 18.9 Å². The summed E-state index contributed by atoms with van der Waals surface area (Å²) < 4.78 is 43.2. The van der Waals surface area contributed by atoms with Crippen LogP contribution in [0.2, 0.25) is 0 Å². The fourth-order valence-electron chi connectivity index (χ4n) is 1.91. The molecule has 1 N–H and O–H groups in total. The van der Waals surface area contributed by atoms with Gasteiger partial charge in [-0.1, -0.05) is 12.1 Å². The van der Waals surface area contributed by atoms with Crippen molar-refractivity contribution >= 4 is 11.6 Å². The molecule has 124 valence electrons. The van der Waals surface area contributed by atoms with Gasteiger partial charge in [0.2, 0.25) is 0 Å². The second-order valence-corrected chi connectivity index (χ2v) is 4.97. The van der Waals surface area contributed by atoms with Crippen LogP contribution in [0.25, 0.3) is 0 Å². The van der Waals surface area contributed by atoms with Crippen molar-refractivity contribution in [1.29, 1.82) is 5.26 Å². The lowest BCUT2D eigenvalue weighted by Crippen LogP contribution is -2.30. The molecule has 0 saturated carbocycles. The van der Waals surface area contributed by atoms with Crippen LogP contribution in [-0.4, -0.2) is 12.0 Å². The van der Waals surface area contributed by atoms with Crippen molar-refractivity contribution in [3.8, 4) is 11.8 Å². The van der Waals surface area contributed by atoms with Crippen molar-refractivity contribution in [2.24, 2.45) is 0 Å². The minimum atomic E-state index is -4.48. The van der Waals surface area contributed by atoms with E-state index in [2.05, 4.69) is 5.32 Å². The minimum Gasteiger partial charge on any atom is -0.481 e. The van der Waals surface area contributed by atoms with Crippen molar-refractivity contribution in [3.05, 3.63) is 59.7 Å². The van der Waals surface area contributed by atoms with Gasteiger partial charge in [-0.2, -0.15) is 18.4 Å². The van der Waals surface area contributed by atoms with E-state index in [9.17, 15) is 18.0 Å². The van der Waals surface area contributed by atoms with Crippen LogP contribution in [0, 0.1) is 11.3 Å². The molecule has 0 spiro atoms. The summed E-state index contributed by atoms with van der Waals surface area (Å²) in [5, 5.41) is 11.4. The number of amides is 1. The summed E-state index contributed by atoms with van der Waals surface area (Å²) in [6, 6.07) is 12.5. The molecular formula is C17H13F3N2O2. The SMILES string of the molecule is CC(Oc1cccc(C(F)(F)F)c1)C(=O)Nc1cccc(C#N)c1. The molecule has 2 aromatic rings. The highest BCUT2D eigenvalue weighted by atomic mass is 19.4. The van der Waals surface area contributed by atoms with E-state index in [1.54, 1.807) is 18.2 Å². The van der Waals surface area contributed by atoms with Crippen molar-refractivity contribution in [1.82, 2.24) is 0 Å². The molecular weight excluding hydrogens is 321 g/mol. The maximum Gasteiger partial charge on any atom is 0.416 e. The number of hydrogen-bond donors (Lipinski definition) is 1. The number of hydrogen-bond acceptors (Lipinski definition) is 3. The van der Waals surface area contributed by atoms with Gasteiger partial charge in [0, 0.05) is 5.69 Å². The Balaban J connectivity index is 2.05. The molecule has 2 aromatic carbocycles. The summed E-state index contributed by atoms with van der Waals surface area (Å²) >= 11 is 0. The van der Waals surface area contributed by atoms with E-state index >= 15 is 0 Å². The molecule has 24 heavy (non-hydrogen) atoms. The summed E-state index contributed by atoms with van der Waals surface area (Å²) in [6.45, 7) is 1.42. The predicted octanol–water partition coefficient (Wildman–Crippen LogP) is 3.98. The van der Waals surface area contributed by atoms with Gasteiger partial charge in [0.15, 0.2) is 6.10 Å². The van der Waals surface area contributed by atoms with Gasteiger partial charge in [0.05, 0.1) is 17.2 Å². The van der Waals surface area contributed by atoms with Crippen molar-refractivity contribution < 1.29 is 22.7 Å². The third-order valence-corrected chi connectivity index (χ3v) is 3.10. The molecule has 0 fully saturated rings. The maximum atomic E-state index is 12.7.